The van der Waals surface area contributed by atoms with Gasteiger partial charge in [0, 0.05) is 18.3 Å². The highest BCUT2D eigenvalue weighted by Gasteiger charge is 2.25. The molecule has 100 valence electrons. The fourth-order valence-corrected chi connectivity index (χ4v) is 2.08. The molecular formula is C15H24N2O. The number of rotatable bonds is 6. The zero-order valence-corrected chi connectivity index (χ0v) is 11.8. The molecule has 0 bridgehead atoms. The van der Waals surface area contributed by atoms with Crippen LogP contribution in [0.2, 0.25) is 0 Å². The average Bonchev–Trinajstić information content (AvgIpc) is 3.11. The van der Waals surface area contributed by atoms with Gasteiger partial charge in [-0.05, 0) is 51.2 Å². The molecule has 1 saturated carbocycles. The Kier molecular flexibility index (Phi) is 4.23. The predicted octanol–water partition coefficient (Wildman–Crippen LogP) is 3.11. The zero-order valence-electron chi connectivity index (χ0n) is 11.8. The van der Waals surface area contributed by atoms with Crippen LogP contribution in [0.1, 0.15) is 52.0 Å². The van der Waals surface area contributed by atoms with Crippen LogP contribution in [0.25, 0.3) is 0 Å². The first-order valence-corrected chi connectivity index (χ1v) is 6.94. The van der Waals surface area contributed by atoms with Crippen molar-refractivity contribution in [2.45, 2.75) is 64.6 Å². The molecule has 1 heterocycles. The van der Waals surface area contributed by atoms with Crippen LogP contribution in [0.4, 0.5) is 0 Å². The molecule has 2 atom stereocenters. The molecule has 2 rings (SSSR count). The Bertz CT molecular complexity index is 388. The lowest BCUT2D eigenvalue weighted by Gasteiger charge is -2.22. The average molecular weight is 248 g/mol. The SMILES string of the molecule is CC(C)Oc1cncc(C(C)C(C)NC2CC2)c1. The summed E-state index contributed by atoms with van der Waals surface area (Å²) in [6.45, 7) is 8.57. The maximum atomic E-state index is 5.70. The van der Waals surface area contributed by atoms with Gasteiger partial charge >= 0.3 is 0 Å². The van der Waals surface area contributed by atoms with E-state index in [1.165, 1.54) is 18.4 Å². The number of hydrogen-bond donors (Lipinski definition) is 1. The normalized spacial score (nSPS) is 18.7. The highest BCUT2D eigenvalue weighted by Crippen LogP contribution is 2.26. The number of hydrogen-bond acceptors (Lipinski definition) is 3. The topological polar surface area (TPSA) is 34.1 Å². The lowest BCUT2D eigenvalue weighted by atomic mass is 9.95. The molecule has 1 N–H and O–H groups in total. The van der Waals surface area contributed by atoms with E-state index >= 15 is 0 Å². The first-order valence-electron chi connectivity index (χ1n) is 6.94. The molecule has 1 fully saturated rings. The molecule has 1 aromatic heterocycles. The van der Waals surface area contributed by atoms with E-state index in [4.69, 9.17) is 4.74 Å². The Balaban J connectivity index is 2.01. The van der Waals surface area contributed by atoms with Crippen molar-refractivity contribution < 1.29 is 4.74 Å². The molecular weight excluding hydrogens is 224 g/mol. The van der Waals surface area contributed by atoms with Crippen molar-refractivity contribution in [3.63, 3.8) is 0 Å². The van der Waals surface area contributed by atoms with E-state index < -0.39 is 0 Å². The number of nitrogens with zero attached hydrogens (tertiary/aromatic N) is 1. The molecule has 3 heteroatoms. The van der Waals surface area contributed by atoms with Crippen LogP contribution in [0.5, 0.6) is 5.75 Å². The largest absolute Gasteiger partial charge is 0.489 e. The van der Waals surface area contributed by atoms with Gasteiger partial charge in [0.2, 0.25) is 0 Å². The van der Waals surface area contributed by atoms with E-state index in [1.54, 1.807) is 6.20 Å². The molecule has 3 nitrogen and oxygen atoms in total. The molecule has 0 aliphatic heterocycles. The van der Waals surface area contributed by atoms with Gasteiger partial charge < -0.3 is 10.1 Å². The lowest BCUT2D eigenvalue weighted by Crippen LogP contribution is -2.32. The second kappa shape index (κ2) is 5.70. The van der Waals surface area contributed by atoms with Crippen molar-refractivity contribution in [2.75, 3.05) is 0 Å². The van der Waals surface area contributed by atoms with E-state index in [-0.39, 0.29) is 6.10 Å². The summed E-state index contributed by atoms with van der Waals surface area (Å²) >= 11 is 0. The fourth-order valence-electron chi connectivity index (χ4n) is 2.08. The van der Waals surface area contributed by atoms with Crippen LogP contribution in [0, 0.1) is 0 Å². The summed E-state index contributed by atoms with van der Waals surface area (Å²) in [7, 11) is 0. The zero-order chi connectivity index (χ0) is 13.1. The van der Waals surface area contributed by atoms with E-state index in [0.29, 0.717) is 12.0 Å². The van der Waals surface area contributed by atoms with Gasteiger partial charge in [-0.2, -0.15) is 0 Å². The maximum absolute atomic E-state index is 5.70. The summed E-state index contributed by atoms with van der Waals surface area (Å²) in [6.07, 6.45) is 6.58. The first kappa shape index (κ1) is 13.3. The van der Waals surface area contributed by atoms with E-state index in [0.717, 1.165) is 11.8 Å². The Hall–Kier alpha value is -1.09. The van der Waals surface area contributed by atoms with Crippen LogP contribution in [0.15, 0.2) is 18.5 Å². The maximum Gasteiger partial charge on any atom is 0.138 e. The van der Waals surface area contributed by atoms with Crippen molar-refractivity contribution in [3.05, 3.63) is 24.0 Å². The van der Waals surface area contributed by atoms with Crippen molar-refractivity contribution >= 4 is 0 Å². The van der Waals surface area contributed by atoms with Crippen LogP contribution < -0.4 is 10.1 Å². The monoisotopic (exact) mass is 248 g/mol. The van der Waals surface area contributed by atoms with Crippen LogP contribution >= 0.6 is 0 Å². The Morgan fingerprint density at radius 3 is 2.56 bits per heavy atom. The summed E-state index contributed by atoms with van der Waals surface area (Å²) in [6, 6.07) is 3.34. The molecule has 1 aromatic rings. The van der Waals surface area contributed by atoms with Gasteiger partial charge in [0.1, 0.15) is 5.75 Å². The van der Waals surface area contributed by atoms with Crippen molar-refractivity contribution in [1.82, 2.24) is 10.3 Å². The standard InChI is InChI=1S/C15H24N2O/c1-10(2)18-15-7-13(8-16-9-15)11(3)12(4)17-14-5-6-14/h7-12,14,17H,5-6H2,1-4H3. The Morgan fingerprint density at radius 1 is 1.22 bits per heavy atom. The molecule has 1 aliphatic rings. The van der Waals surface area contributed by atoms with Gasteiger partial charge in [-0.1, -0.05) is 6.92 Å². The van der Waals surface area contributed by atoms with Crippen LogP contribution in [-0.2, 0) is 0 Å². The van der Waals surface area contributed by atoms with Gasteiger partial charge in [0.05, 0.1) is 12.3 Å². The van der Waals surface area contributed by atoms with E-state index in [9.17, 15) is 0 Å². The summed E-state index contributed by atoms with van der Waals surface area (Å²) < 4.78 is 5.70. The quantitative estimate of drug-likeness (QED) is 0.840. The summed E-state index contributed by atoms with van der Waals surface area (Å²) in [5.41, 5.74) is 1.24. The highest BCUT2D eigenvalue weighted by atomic mass is 16.5. The van der Waals surface area contributed by atoms with Crippen molar-refractivity contribution in [2.24, 2.45) is 0 Å². The minimum absolute atomic E-state index is 0.194. The molecule has 0 amide bonds. The van der Waals surface area contributed by atoms with Crippen molar-refractivity contribution in [1.29, 1.82) is 0 Å². The van der Waals surface area contributed by atoms with Crippen LogP contribution in [-0.4, -0.2) is 23.2 Å². The van der Waals surface area contributed by atoms with Crippen LogP contribution in [0.3, 0.4) is 0 Å². The molecule has 0 aromatic carbocycles. The minimum atomic E-state index is 0.194. The Labute approximate surface area is 110 Å². The summed E-state index contributed by atoms with van der Waals surface area (Å²) in [5.74, 6) is 1.32. The molecule has 18 heavy (non-hydrogen) atoms. The molecule has 0 radical (unpaired) electrons. The first-order chi connectivity index (χ1) is 8.56. The minimum Gasteiger partial charge on any atom is -0.489 e. The van der Waals surface area contributed by atoms with Gasteiger partial charge in [-0.3, -0.25) is 4.98 Å². The third-order valence-corrected chi connectivity index (χ3v) is 3.46. The lowest BCUT2D eigenvalue weighted by molar-refractivity contribution is 0.241. The van der Waals surface area contributed by atoms with E-state index in [1.807, 2.05) is 20.0 Å². The highest BCUT2D eigenvalue weighted by molar-refractivity contribution is 5.27. The number of nitrogens with one attached hydrogen (secondary N) is 1. The third-order valence-electron chi connectivity index (χ3n) is 3.46. The molecule has 0 spiro atoms. The smallest absolute Gasteiger partial charge is 0.138 e. The Morgan fingerprint density at radius 2 is 1.94 bits per heavy atom. The predicted molar refractivity (Wildman–Crippen MR) is 74.0 cm³/mol. The number of pyridine rings is 1. The fraction of sp³-hybridized carbons (Fsp3) is 0.667. The number of aromatic nitrogens is 1. The van der Waals surface area contributed by atoms with Gasteiger partial charge in [-0.25, -0.2) is 0 Å². The van der Waals surface area contributed by atoms with Gasteiger partial charge in [0.25, 0.3) is 0 Å². The summed E-state index contributed by atoms with van der Waals surface area (Å²) in [5, 5.41) is 3.64. The molecule has 1 aliphatic carbocycles. The summed E-state index contributed by atoms with van der Waals surface area (Å²) in [4.78, 5) is 4.28. The molecule has 2 unspecified atom stereocenters. The number of ether oxygens (including phenoxy) is 1. The van der Waals surface area contributed by atoms with Gasteiger partial charge in [-0.15, -0.1) is 0 Å². The third kappa shape index (κ3) is 3.70. The van der Waals surface area contributed by atoms with E-state index in [2.05, 4.69) is 30.2 Å². The van der Waals surface area contributed by atoms with Gasteiger partial charge in [0.15, 0.2) is 0 Å². The molecule has 0 saturated heterocycles. The van der Waals surface area contributed by atoms with Crippen molar-refractivity contribution in [3.8, 4) is 5.75 Å². The second-order valence-electron chi connectivity index (χ2n) is 5.64. The second-order valence-corrected chi connectivity index (χ2v) is 5.64.